The Morgan fingerprint density at radius 3 is 2.32 bits per heavy atom. The Labute approximate surface area is 125 Å². The number of halogens is 2. The zero-order chi connectivity index (χ0) is 11.7. The molecule has 3 rings (SSSR count). The molecule has 2 N–H and O–H groups in total. The Bertz CT molecular complexity index is 421. The van der Waals surface area contributed by atoms with E-state index in [1.807, 2.05) is 18.2 Å². The molecule has 0 saturated carbocycles. The first kappa shape index (κ1) is 16.1. The van der Waals surface area contributed by atoms with Crippen LogP contribution in [-0.4, -0.2) is 31.2 Å². The van der Waals surface area contributed by atoms with Gasteiger partial charge in [0.15, 0.2) is 0 Å². The number of carbonyl (C=O) groups is 1. The SMILES string of the molecule is Cl.Cl.O=C1NCN(c2ccccc2)C12CCNCC2. The Morgan fingerprint density at radius 2 is 1.68 bits per heavy atom. The van der Waals surface area contributed by atoms with Crippen molar-refractivity contribution in [2.45, 2.75) is 18.4 Å². The van der Waals surface area contributed by atoms with E-state index in [2.05, 4.69) is 27.7 Å². The summed E-state index contributed by atoms with van der Waals surface area (Å²) in [6.45, 7) is 2.45. The molecule has 19 heavy (non-hydrogen) atoms. The van der Waals surface area contributed by atoms with Crippen molar-refractivity contribution in [1.82, 2.24) is 10.6 Å². The highest BCUT2D eigenvalue weighted by Gasteiger charge is 2.48. The second kappa shape index (κ2) is 6.46. The molecule has 2 aliphatic heterocycles. The van der Waals surface area contributed by atoms with E-state index in [0.717, 1.165) is 31.6 Å². The fourth-order valence-electron chi connectivity index (χ4n) is 2.87. The van der Waals surface area contributed by atoms with Crippen molar-refractivity contribution >= 4 is 36.4 Å². The van der Waals surface area contributed by atoms with E-state index in [1.54, 1.807) is 0 Å². The first-order valence-corrected chi connectivity index (χ1v) is 6.15. The van der Waals surface area contributed by atoms with E-state index in [9.17, 15) is 4.79 Å². The van der Waals surface area contributed by atoms with Crippen LogP contribution in [0.15, 0.2) is 30.3 Å². The lowest BCUT2D eigenvalue weighted by atomic mass is 9.86. The minimum Gasteiger partial charge on any atom is -0.339 e. The van der Waals surface area contributed by atoms with Gasteiger partial charge in [-0.15, -0.1) is 24.8 Å². The molecule has 1 amide bonds. The van der Waals surface area contributed by atoms with Crippen LogP contribution in [0.1, 0.15) is 12.8 Å². The van der Waals surface area contributed by atoms with Gasteiger partial charge in [0.25, 0.3) is 0 Å². The number of hydrogen-bond donors (Lipinski definition) is 2. The molecule has 6 heteroatoms. The molecular formula is C13H19Cl2N3O. The summed E-state index contributed by atoms with van der Waals surface area (Å²) in [6.07, 6.45) is 1.77. The monoisotopic (exact) mass is 303 g/mol. The van der Waals surface area contributed by atoms with Crippen molar-refractivity contribution in [1.29, 1.82) is 0 Å². The molecule has 106 valence electrons. The first-order chi connectivity index (χ1) is 8.33. The molecule has 0 unspecified atom stereocenters. The summed E-state index contributed by atoms with van der Waals surface area (Å²) in [6, 6.07) is 10.2. The molecule has 2 aliphatic rings. The fourth-order valence-corrected chi connectivity index (χ4v) is 2.87. The largest absolute Gasteiger partial charge is 0.339 e. The van der Waals surface area contributed by atoms with Gasteiger partial charge >= 0.3 is 0 Å². The topological polar surface area (TPSA) is 44.4 Å². The average Bonchev–Trinajstić information content (AvgIpc) is 2.69. The molecule has 0 atom stereocenters. The van der Waals surface area contributed by atoms with E-state index >= 15 is 0 Å². The van der Waals surface area contributed by atoms with Crippen molar-refractivity contribution in [2.75, 3.05) is 24.7 Å². The van der Waals surface area contributed by atoms with Crippen molar-refractivity contribution in [2.24, 2.45) is 0 Å². The van der Waals surface area contributed by atoms with E-state index in [4.69, 9.17) is 0 Å². The van der Waals surface area contributed by atoms with Crippen LogP contribution in [0, 0.1) is 0 Å². The smallest absolute Gasteiger partial charge is 0.247 e. The third-order valence-electron chi connectivity index (χ3n) is 3.84. The molecule has 0 aliphatic carbocycles. The molecule has 0 radical (unpaired) electrons. The lowest BCUT2D eigenvalue weighted by Gasteiger charge is -2.40. The zero-order valence-corrected chi connectivity index (χ0v) is 12.2. The van der Waals surface area contributed by atoms with Gasteiger partial charge in [-0.25, -0.2) is 0 Å². The van der Waals surface area contributed by atoms with Crippen LogP contribution < -0.4 is 15.5 Å². The Morgan fingerprint density at radius 1 is 1.05 bits per heavy atom. The number of amides is 1. The Kier molecular flexibility index (Phi) is 5.47. The van der Waals surface area contributed by atoms with Crippen LogP contribution in [0.3, 0.4) is 0 Å². The van der Waals surface area contributed by atoms with Gasteiger partial charge in [0.2, 0.25) is 5.91 Å². The number of anilines is 1. The summed E-state index contributed by atoms with van der Waals surface area (Å²) in [4.78, 5) is 14.4. The molecular weight excluding hydrogens is 285 g/mol. The van der Waals surface area contributed by atoms with Crippen LogP contribution in [0.2, 0.25) is 0 Å². The number of nitrogens with one attached hydrogen (secondary N) is 2. The summed E-state index contributed by atoms with van der Waals surface area (Å²) >= 11 is 0. The van der Waals surface area contributed by atoms with Gasteiger partial charge < -0.3 is 15.5 Å². The maximum atomic E-state index is 12.2. The third kappa shape index (κ3) is 2.66. The molecule has 1 aromatic rings. The van der Waals surface area contributed by atoms with Gasteiger partial charge in [0.1, 0.15) is 5.54 Å². The van der Waals surface area contributed by atoms with Crippen molar-refractivity contribution in [3.05, 3.63) is 30.3 Å². The van der Waals surface area contributed by atoms with Gasteiger partial charge in [-0.05, 0) is 38.1 Å². The van der Waals surface area contributed by atoms with E-state index in [0.29, 0.717) is 6.67 Å². The summed E-state index contributed by atoms with van der Waals surface area (Å²) in [7, 11) is 0. The van der Waals surface area contributed by atoms with Crippen molar-refractivity contribution < 1.29 is 4.79 Å². The molecule has 2 fully saturated rings. The number of nitrogens with zero attached hydrogens (tertiary/aromatic N) is 1. The number of hydrogen-bond acceptors (Lipinski definition) is 3. The first-order valence-electron chi connectivity index (χ1n) is 6.15. The maximum absolute atomic E-state index is 12.2. The maximum Gasteiger partial charge on any atom is 0.247 e. The number of para-hydroxylation sites is 1. The third-order valence-corrected chi connectivity index (χ3v) is 3.84. The molecule has 1 aromatic carbocycles. The van der Waals surface area contributed by atoms with E-state index < -0.39 is 0 Å². The zero-order valence-electron chi connectivity index (χ0n) is 10.6. The van der Waals surface area contributed by atoms with Crippen molar-refractivity contribution in [3.8, 4) is 0 Å². The highest BCUT2D eigenvalue weighted by Crippen LogP contribution is 2.34. The van der Waals surface area contributed by atoms with E-state index in [1.165, 1.54) is 0 Å². The van der Waals surface area contributed by atoms with Gasteiger partial charge in [-0.3, -0.25) is 4.79 Å². The predicted octanol–water partition coefficient (Wildman–Crippen LogP) is 1.55. The number of piperidine rings is 1. The van der Waals surface area contributed by atoms with Gasteiger partial charge in [-0.1, -0.05) is 18.2 Å². The Hall–Kier alpha value is -0.970. The van der Waals surface area contributed by atoms with Crippen LogP contribution in [0.25, 0.3) is 0 Å². The summed E-state index contributed by atoms with van der Waals surface area (Å²) < 4.78 is 0. The van der Waals surface area contributed by atoms with Crippen LogP contribution >= 0.6 is 24.8 Å². The minimum atomic E-state index is -0.327. The molecule has 4 nitrogen and oxygen atoms in total. The van der Waals surface area contributed by atoms with Gasteiger partial charge in [0.05, 0.1) is 6.67 Å². The molecule has 2 heterocycles. The average molecular weight is 304 g/mol. The summed E-state index contributed by atoms with van der Waals surface area (Å²) in [5, 5.41) is 6.31. The van der Waals surface area contributed by atoms with E-state index in [-0.39, 0.29) is 36.3 Å². The number of rotatable bonds is 1. The second-order valence-electron chi connectivity index (χ2n) is 4.71. The van der Waals surface area contributed by atoms with Crippen molar-refractivity contribution in [3.63, 3.8) is 0 Å². The summed E-state index contributed by atoms with van der Waals surface area (Å²) in [5.41, 5.74) is 0.805. The Balaban J connectivity index is 0.000000902. The minimum absolute atomic E-state index is 0. The number of carbonyl (C=O) groups excluding carboxylic acids is 1. The highest BCUT2D eigenvalue weighted by molar-refractivity contribution is 5.93. The molecule has 1 spiro atoms. The van der Waals surface area contributed by atoms with Crippen LogP contribution in [0.4, 0.5) is 5.69 Å². The summed E-state index contributed by atoms with van der Waals surface area (Å²) in [5.74, 6) is 0.183. The normalized spacial score (nSPS) is 20.4. The van der Waals surface area contributed by atoms with Crippen LogP contribution in [-0.2, 0) is 4.79 Å². The molecule has 2 saturated heterocycles. The lowest BCUT2D eigenvalue weighted by molar-refractivity contribution is -0.124. The van der Waals surface area contributed by atoms with Gasteiger partial charge in [0, 0.05) is 5.69 Å². The number of benzene rings is 1. The second-order valence-corrected chi connectivity index (χ2v) is 4.71. The van der Waals surface area contributed by atoms with Gasteiger partial charge in [-0.2, -0.15) is 0 Å². The van der Waals surface area contributed by atoms with Crippen LogP contribution in [0.5, 0.6) is 0 Å². The predicted molar refractivity (Wildman–Crippen MR) is 81.3 cm³/mol. The fraction of sp³-hybridized carbons (Fsp3) is 0.462. The standard InChI is InChI=1S/C13H17N3O.2ClH/c17-12-13(6-8-14-9-7-13)16(10-15-12)11-4-2-1-3-5-11;;/h1-5,14H,6-10H2,(H,15,17);2*1H. The molecule has 0 aromatic heterocycles. The lowest BCUT2D eigenvalue weighted by Crippen LogP contribution is -2.55. The quantitative estimate of drug-likeness (QED) is 0.827. The highest BCUT2D eigenvalue weighted by atomic mass is 35.5. The molecule has 0 bridgehead atoms.